The van der Waals surface area contributed by atoms with E-state index in [2.05, 4.69) is 20.9 Å². The summed E-state index contributed by atoms with van der Waals surface area (Å²) < 4.78 is 0. The van der Waals surface area contributed by atoms with E-state index >= 15 is 0 Å². The van der Waals surface area contributed by atoms with E-state index in [1.54, 1.807) is 0 Å². The third kappa shape index (κ3) is 2.59. The lowest BCUT2D eigenvalue weighted by Gasteiger charge is -2.26. The van der Waals surface area contributed by atoms with Crippen molar-refractivity contribution in [3.05, 3.63) is 0 Å². The van der Waals surface area contributed by atoms with Crippen LogP contribution in [0.4, 0.5) is 0 Å². The second-order valence-corrected chi connectivity index (χ2v) is 3.70. The Morgan fingerprint density at radius 1 is 1.31 bits per heavy atom. The number of nitrogens with zero attached hydrogens (tertiary/aromatic N) is 1. The molecule has 0 aromatic heterocycles. The van der Waals surface area contributed by atoms with Gasteiger partial charge in [0.2, 0.25) is 0 Å². The van der Waals surface area contributed by atoms with Crippen molar-refractivity contribution in [2.24, 2.45) is 4.99 Å². The molecule has 4 nitrogen and oxygen atoms in total. The second-order valence-electron chi connectivity index (χ2n) is 3.70. The number of hydrogen-bond acceptors (Lipinski definition) is 4. The molecule has 0 aliphatic carbocycles. The highest BCUT2D eigenvalue weighted by Crippen LogP contribution is 2.01. The highest BCUT2D eigenvalue weighted by molar-refractivity contribution is 5.80. The van der Waals surface area contributed by atoms with Gasteiger partial charge in [-0.3, -0.25) is 4.99 Å². The number of guanidine groups is 1. The van der Waals surface area contributed by atoms with Gasteiger partial charge >= 0.3 is 0 Å². The first-order valence-electron chi connectivity index (χ1n) is 5.21. The van der Waals surface area contributed by atoms with Gasteiger partial charge in [0.05, 0.1) is 0 Å². The van der Waals surface area contributed by atoms with Gasteiger partial charge in [-0.05, 0) is 25.8 Å². The zero-order chi connectivity index (χ0) is 8.93. The molecule has 2 aliphatic heterocycles. The summed E-state index contributed by atoms with van der Waals surface area (Å²) in [6.45, 7) is 4.26. The smallest absolute Gasteiger partial charge is 0.191 e. The van der Waals surface area contributed by atoms with Gasteiger partial charge in [-0.1, -0.05) is 0 Å². The molecule has 1 saturated heterocycles. The fraction of sp³-hybridized carbons (Fsp3) is 0.889. The predicted molar refractivity (Wildman–Crippen MR) is 53.9 cm³/mol. The third-order valence-corrected chi connectivity index (χ3v) is 2.53. The van der Waals surface area contributed by atoms with Crippen LogP contribution in [0.2, 0.25) is 0 Å². The lowest BCUT2D eigenvalue weighted by atomic mass is 10.1. The third-order valence-electron chi connectivity index (χ3n) is 2.53. The zero-order valence-electron chi connectivity index (χ0n) is 7.97. The lowest BCUT2D eigenvalue weighted by molar-refractivity contribution is 0.426. The molecular weight excluding hydrogens is 164 g/mol. The van der Waals surface area contributed by atoms with Crippen LogP contribution in [0.25, 0.3) is 0 Å². The Labute approximate surface area is 79.2 Å². The number of aliphatic imine (C=N–C) groups is 1. The molecule has 1 unspecified atom stereocenters. The summed E-state index contributed by atoms with van der Waals surface area (Å²) >= 11 is 0. The Balaban J connectivity index is 1.78. The summed E-state index contributed by atoms with van der Waals surface area (Å²) in [6.07, 6.45) is 3.69. The summed E-state index contributed by atoms with van der Waals surface area (Å²) in [7, 11) is 0. The Morgan fingerprint density at radius 3 is 3.00 bits per heavy atom. The van der Waals surface area contributed by atoms with Gasteiger partial charge < -0.3 is 16.0 Å². The molecule has 13 heavy (non-hydrogen) atoms. The highest BCUT2D eigenvalue weighted by atomic mass is 15.2. The van der Waals surface area contributed by atoms with E-state index in [9.17, 15) is 0 Å². The standard InChI is InChI=1S/C9H18N4/c1-3-8(7-10-4-1)13-9-11-5-2-6-12-9/h8,10H,1-7H2,(H2,11,12,13). The Bertz CT molecular complexity index is 184. The Morgan fingerprint density at radius 2 is 2.31 bits per heavy atom. The van der Waals surface area contributed by atoms with Crippen molar-refractivity contribution in [1.82, 2.24) is 16.0 Å². The fourth-order valence-corrected chi connectivity index (χ4v) is 1.80. The highest BCUT2D eigenvalue weighted by Gasteiger charge is 2.14. The number of nitrogens with one attached hydrogen (secondary N) is 3. The molecule has 4 heteroatoms. The van der Waals surface area contributed by atoms with Gasteiger partial charge in [0.25, 0.3) is 0 Å². The van der Waals surface area contributed by atoms with Gasteiger partial charge in [-0.2, -0.15) is 0 Å². The van der Waals surface area contributed by atoms with Crippen LogP contribution in [0.1, 0.15) is 19.3 Å². The molecule has 0 saturated carbocycles. The minimum absolute atomic E-state index is 0.568. The van der Waals surface area contributed by atoms with Gasteiger partial charge in [0.15, 0.2) is 5.96 Å². The van der Waals surface area contributed by atoms with Crippen molar-refractivity contribution in [2.45, 2.75) is 25.3 Å². The Kier molecular flexibility index (Phi) is 3.02. The fourth-order valence-electron chi connectivity index (χ4n) is 1.80. The van der Waals surface area contributed by atoms with Crippen molar-refractivity contribution in [3.8, 4) is 0 Å². The molecule has 2 aliphatic rings. The molecule has 0 amide bonds. The summed E-state index contributed by atoms with van der Waals surface area (Å²) in [5.74, 6) is 1.000. The average molecular weight is 182 g/mol. The van der Waals surface area contributed by atoms with Crippen molar-refractivity contribution < 1.29 is 0 Å². The average Bonchev–Trinajstić information content (AvgIpc) is 2.21. The molecule has 3 N–H and O–H groups in total. The normalized spacial score (nSPS) is 28.9. The van der Waals surface area contributed by atoms with Gasteiger partial charge in [-0.25, -0.2) is 0 Å². The quantitative estimate of drug-likeness (QED) is 0.521. The van der Waals surface area contributed by atoms with Gasteiger partial charge in [0, 0.05) is 25.7 Å². The molecule has 0 aromatic rings. The van der Waals surface area contributed by atoms with E-state index in [1.165, 1.54) is 12.8 Å². The SMILES string of the molecule is C1CN=C(NC2CCCNC2)NC1. The van der Waals surface area contributed by atoms with Crippen LogP contribution in [-0.2, 0) is 0 Å². The van der Waals surface area contributed by atoms with Gasteiger partial charge in [-0.15, -0.1) is 0 Å². The van der Waals surface area contributed by atoms with Crippen molar-refractivity contribution in [2.75, 3.05) is 26.2 Å². The van der Waals surface area contributed by atoms with Crippen LogP contribution >= 0.6 is 0 Å². The van der Waals surface area contributed by atoms with Crippen molar-refractivity contribution in [1.29, 1.82) is 0 Å². The van der Waals surface area contributed by atoms with E-state index in [1.807, 2.05) is 0 Å². The molecule has 1 fully saturated rings. The zero-order valence-corrected chi connectivity index (χ0v) is 7.97. The summed E-state index contributed by atoms with van der Waals surface area (Å²) in [6, 6.07) is 0.568. The van der Waals surface area contributed by atoms with Gasteiger partial charge in [0.1, 0.15) is 0 Å². The topological polar surface area (TPSA) is 48.5 Å². The molecule has 74 valence electrons. The Hall–Kier alpha value is -0.770. The maximum Gasteiger partial charge on any atom is 0.191 e. The van der Waals surface area contributed by atoms with E-state index < -0.39 is 0 Å². The first kappa shape index (κ1) is 8.81. The lowest BCUT2D eigenvalue weighted by Crippen LogP contribution is -2.51. The number of hydrogen-bond donors (Lipinski definition) is 3. The summed E-state index contributed by atoms with van der Waals surface area (Å²) in [5, 5.41) is 10.1. The monoisotopic (exact) mass is 182 g/mol. The van der Waals surface area contributed by atoms with Crippen LogP contribution in [0.5, 0.6) is 0 Å². The first-order valence-corrected chi connectivity index (χ1v) is 5.21. The van der Waals surface area contributed by atoms with E-state index in [4.69, 9.17) is 0 Å². The minimum Gasteiger partial charge on any atom is -0.356 e. The van der Waals surface area contributed by atoms with Crippen molar-refractivity contribution in [3.63, 3.8) is 0 Å². The molecule has 0 spiro atoms. The van der Waals surface area contributed by atoms with Crippen molar-refractivity contribution >= 4 is 5.96 Å². The molecular formula is C9H18N4. The van der Waals surface area contributed by atoms with Crippen LogP contribution in [0.15, 0.2) is 4.99 Å². The largest absolute Gasteiger partial charge is 0.356 e. The van der Waals surface area contributed by atoms with Crippen LogP contribution in [0, 0.1) is 0 Å². The molecule has 0 aromatic carbocycles. The van der Waals surface area contributed by atoms with E-state index in [0.29, 0.717) is 6.04 Å². The first-order chi connectivity index (χ1) is 6.45. The van der Waals surface area contributed by atoms with E-state index in [-0.39, 0.29) is 0 Å². The summed E-state index contributed by atoms with van der Waals surface area (Å²) in [4.78, 5) is 4.39. The molecule has 2 heterocycles. The number of piperidine rings is 1. The number of rotatable bonds is 1. The molecule has 1 atom stereocenters. The van der Waals surface area contributed by atoms with Crippen LogP contribution in [-0.4, -0.2) is 38.2 Å². The van der Waals surface area contributed by atoms with Crippen LogP contribution < -0.4 is 16.0 Å². The molecule has 2 rings (SSSR count). The molecule has 0 bridgehead atoms. The van der Waals surface area contributed by atoms with E-state index in [0.717, 1.165) is 38.6 Å². The summed E-state index contributed by atoms with van der Waals surface area (Å²) in [5.41, 5.74) is 0. The predicted octanol–water partition coefficient (Wildman–Crippen LogP) is -0.323. The maximum absolute atomic E-state index is 4.39. The minimum atomic E-state index is 0.568. The second kappa shape index (κ2) is 4.46. The molecule has 0 radical (unpaired) electrons. The maximum atomic E-state index is 4.39. The van der Waals surface area contributed by atoms with Crippen LogP contribution in [0.3, 0.4) is 0 Å².